The average Bonchev–Trinajstić information content (AvgIpc) is 2.53. The van der Waals surface area contributed by atoms with E-state index in [1.54, 1.807) is 19.4 Å². The number of aromatic amines is 1. The van der Waals surface area contributed by atoms with Crippen LogP contribution in [0.25, 0.3) is 10.9 Å². The molecule has 118 valence electrons. The average molecular weight is 309 g/mol. The summed E-state index contributed by atoms with van der Waals surface area (Å²) in [6, 6.07) is 9.67. The summed E-state index contributed by atoms with van der Waals surface area (Å²) in [6.07, 6.45) is 1.68. The maximum atomic E-state index is 12.3. The highest BCUT2D eigenvalue weighted by Crippen LogP contribution is 2.22. The van der Waals surface area contributed by atoms with Crippen molar-refractivity contribution in [3.05, 3.63) is 63.6 Å². The van der Waals surface area contributed by atoms with Gasteiger partial charge in [0.25, 0.3) is 5.56 Å². The van der Waals surface area contributed by atoms with E-state index in [9.17, 15) is 4.79 Å². The quantitative estimate of drug-likeness (QED) is 0.777. The summed E-state index contributed by atoms with van der Waals surface area (Å²) in [5, 5.41) is 4.22. The van der Waals surface area contributed by atoms with Crippen molar-refractivity contribution in [2.24, 2.45) is 0 Å². The molecular weight excluding hydrogens is 290 g/mol. The van der Waals surface area contributed by atoms with Gasteiger partial charge in [-0.15, -0.1) is 0 Å². The molecule has 2 N–H and O–H groups in total. The third-order valence-corrected chi connectivity index (χ3v) is 3.83. The number of benzene rings is 1. The van der Waals surface area contributed by atoms with Crippen LogP contribution in [0.4, 0.5) is 5.82 Å². The predicted molar refractivity (Wildman–Crippen MR) is 92.2 cm³/mol. The Balaban J connectivity index is 1.94. The number of H-pyrrole nitrogens is 1. The van der Waals surface area contributed by atoms with Crippen molar-refractivity contribution in [2.75, 3.05) is 12.4 Å². The van der Waals surface area contributed by atoms with Gasteiger partial charge in [0.2, 0.25) is 0 Å². The van der Waals surface area contributed by atoms with Crippen LogP contribution in [-0.4, -0.2) is 17.1 Å². The second-order valence-electron chi connectivity index (χ2n) is 5.57. The van der Waals surface area contributed by atoms with Gasteiger partial charge < -0.3 is 15.0 Å². The smallest absolute Gasteiger partial charge is 0.253 e. The molecule has 5 heteroatoms. The molecule has 0 aliphatic rings. The first-order valence-corrected chi connectivity index (χ1v) is 7.44. The third kappa shape index (κ3) is 3.04. The molecule has 3 rings (SSSR count). The lowest BCUT2D eigenvalue weighted by Gasteiger charge is -2.10. The lowest BCUT2D eigenvalue weighted by molar-refractivity contribution is 0.415. The molecule has 0 radical (unpaired) electrons. The Kier molecular flexibility index (Phi) is 4.02. The maximum Gasteiger partial charge on any atom is 0.253 e. The number of nitrogens with zero attached hydrogens (tertiary/aromatic N) is 1. The molecule has 3 aromatic rings. The number of nitrogens with one attached hydrogen (secondary N) is 2. The van der Waals surface area contributed by atoms with Crippen molar-refractivity contribution in [2.45, 2.75) is 20.4 Å². The van der Waals surface area contributed by atoms with E-state index in [1.807, 2.05) is 32.0 Å². The minimum Gasteiger partial charge on any atom is -0.493 e. The summed E-state index contributed by atoms with van der Waals surface area (Å²) in [5.74, 6) is 1.27. The number of methoxy groups -OCH3 is 1. The standard InChI is InChI=1S/C18H19N3O2/c1-11-7-12(2)14-9-13(18(22)21-15(14)8-11)10-20-17-16(23-3)5-4-6-19-17/h4-9H,10H2,1-3H3,(H,19,20)(H,21,22). The Morgan fingerprint density at radius 1 is 1.26 bits per heavy atom. The molecule has 0 aliphatic carbocycles. The Morgan fingerprint density at radius 3 is 2.87 bits per heavy atom. The number of aromatic nitrogens is 2. The zero-order chi connectivity index (χ0) is 16.4. The normalized spacial score (nSPS) is 10.7. The van der Waals surface area contributed by atoms with E-state index in [0.29, 0.717) is 23.7 Å². The summed E-state index contributed by atoms with van der Waals surface area (Å²) < 4.78 is 5.26. The first-order valence-electron chi connectivity index (χ1n) is 7.44. The van der Waals surface area contributed by atoms with Gasteiger partial charge in [-0.1, -0.05) is 6.07 Å². The Hall–Kier alpha value is -2.82. The second-order valence-corrected chi connectivity index (χ2v) is 5.57. The van der Waals surface area contributed by atoms with Crippen LogP contribution in [0.15, 0.2) is 41.3 Å². The zero-order valence-corrected chi connectivity index (χ0v) is 13.4. The van der Waals surface area contributed by atoms with Gasteiger partial charge in [-0.25, -0.2) is 4.98 Å². The van der Waals surface area contributed by atoms with Crippen molar-refractivity contribution < 1.29 is 4.74 Å². The minimum atomic E-state index is -0.0927. The number of pyridine rings is 2. The fourth-order valence-corrected chi connectivity index (χ4v) is 2.71. The molecule has 2 heterocycles. The molecule has 0 amide bonds. The van der Waals surface area contributed by atoms with Crippen molar-refractivity contribution in [1.29, 1.82) is 0 Å². The molecule has 0 spiro atoms. The van der Waals surface area contributed by atoms with Gasteiger partial charge in [-0.3, -0.25) is 4.79 Å². The summed E-state index contributed by atoms with van der Waals surface area (Å²) >= 11 is 0. The molecule has 1 aromatic carbocycles. The van der Waals surface area contributed by atoms with Gasteiger partial charge in [0.1, 0.15) is 0 Å². The molecule has 0 aliphatic heterocycles. The van der Waals surface area contributed by atoms with Crippen molar-refractivity contribution >= 4 is 16.7 Å². The Morgan fingerprint density at radius 2 is 2.09 bits per heavy atom. The molecule has 5 nitrogen and oxygen atoms in total. The van der Waals surface area contributed by atoms with Gasteiger partial charge >= 0.3 is 0 Å². The van der Waals surface area contributed by atoms with Crippen LogP contribution in [0, 0.1) is 13.8 Å². The van der Waals surface area contributed by atoms with Crippen LogP contribution in [0.3, 0.4) is 0 Å². The zero-order valence-electron chi connectivity index (χ0n) is 13.4. The summed E-state index contributed by atoms with van der Waals surface area (Å²) in [7, 11) is 1.59. The third-order valence-electron chi connectivity index (χ3n) is 3.83. The Labute approximate surface area is 134 Å². The van der Waals surface area contributed by atoms with Gasteiger partial charge in [0, 0.05) is 29.2 Å². The molecule has 23 heavy (non-hydrogen) atoms. The first kappa shape index (κ1) is 15.1. The first-order chi connectivity index (χ1) is 11.1. The topological polar surface area (TPSA) is 67.0 Å². The van der Waals surface area contributed by atoms with E-state index in [0.717, 1.165) is 22.0 Å². The van der Waals surface area contributed by atoms with Crippen molar-refractivity contribution in [3.63, 3.8) is 0 Å². The van der Waals surface area contributed by atoms with Crippen LogP contribution in [-0.2, 0) is 6.54 Å². The molecule has 0 saturated carbocycles. The van der Waals surface area contributed by atoms with E-state index in [2.05, 4.69) is 21.4 Å². The van der Waals surface area contributed by atoms with Gasteiger partial charge in [-0.05, 0) is 49.2 Å². The monoisotopic (exact) mass is 309 g/mol. The molecule has 0 unspecified atom stereocenters. The van der Waals surface area contributed by atoms with E-state index < -0.39 is 0 Å². The minimum absolute atomic E-state index is 0.0927. The highest BCUT2D eigenvalue weighted by atomic mass is 16.5. The number of rotatable bonds is 4. The second kappa shape index (κ2) is 6.12. The number of anilines is 1. The van der Waals surface area contributed by atoms with E-state index >= 15 is 0 Å². The van der Waals surface area contributed by atoms with E-state index in [1.165, 1.54) is 0 Å². The predicted octanol–water partition coefficient (Wildman–Crippen LogP) is 3.16. The van der Waals surface area contributed by atoms with Crippen LogP contribution < -0.4 is 15.6 Å². The highest BCUT2D eigenvalue weighted by Gasteiger charge is 2.08. The fraction of sp³-hybridized carbons (Fsp3) is 0.222. The number of hydrogen-bond donors (Lipinski definition) is 2. The van der Waals surface area contributed by atoms with Gasteiger partial charge in [0.05, 0.1) is 7.11 Å². The largest absolute Gasteiger partial charge is 0.493 e. The molecule has 0 saturated heterocycles. The maximum absolute atomic E-state index is 12.3. The Bertz CT molecular complexity index is 916. The van der Waals surface area contributed by atoms with Crippen LogP contribution in [0.5, 0.6) is 5.75 Å². The molecule has 0 fully saturated rings. The van der Waals surface area contributed by atoms with Gasteiger partial charge in [0.15, 0.2) is 11.6 Å². The number of hydrogen-bond acceptors (Lipinski definition) is 4. The highest BCUT2D eigenvalue weighted by molar-refractivity contribution is 5.83. The molecule has 0 bridgehead atoms. The lowest BCUT2D eigenvalue weighted by atomic mass is 10.0. The van der Waals surface area contributed by atoms with E-state index in [4.69, 9.17) is 4.74 Å². The summed E-state index contributed by atoms with van der Waals surface area (Å²) in [6.45, 7) is 4.45. The van der Waals surface area contributed by atoms with Crippen molar-refractivity contribution in [3.8, 4) is 5.75 Å². The van der Waals surface area contributed by atoms with Crippen molar-refractivity contribution in [1.82, 2.24) is 9.97 Å². The lowest BCUT2D eigenvalue weighted by Crippen LogP contribution is -2.16. The fourth-order valence-electron chi connectivity index (χ4n) is 2.71. The SMILES string of the molecule is COc1cccnc1NCc1cc2c(C)cc(C)cc2[nH]c1=O. The van der Waals surface area contributed by atoms with E-state index in [-0.39, 0.29) is 5.56 Å². The van der Waals surface area contributed by atoms with Gasteiger partial charge in [-0.2, -0.15) is 0 Å². The number of aryl methyl sites for hydroxylation is 2. The van der Waals surface area contributed by atoms with Crippen LogP contribution in [0.2, 0.25) is 0 Å². The molecule has 0 atom stereocenters. The summed E-state index contributed by atoms with van der Waals surface area (Å²) in [5.41, 5.74) is 3.72. The summed E-state index contributed by atoms with van der Waals surface area (Å²) in [4.78, 5) is 19.5. The number of ether oxygens (including phenoxy) is 1. The van der Waals surface area contributed by atoms with Crippen LogP contribution in [0.1, 0.15) is 16.7 Å². The number of fused-ring (bicyclic) bond motifs is 1. The van der Waals surface area contributed by atoms with Crippen LogP contribution >= 0.6 is 0 Å². The molecular formula is C18H19N3O2. The molecule has 2 aromatic heterocycles.